The molecule has 1 fully saturated rings. The molecule has 1 aromatic rings. The molecular formula is C13H18N2O3. The highest BCUT2D eigenvalue weighted by Crippen LogP contribution is 2.18. The van der Waals surface area contributed by atoms with E-state index in [9.17, 15) is 9.59 Å². The molecule has 1 N–H and O–H groups in total. The van der Waals surface area contributed by atoms with Gasteiger partial charge in [0.25, 0.3) is 0 Å². The molecule has 98 valence electrons. The Kier molecular flexibility index (Phi) is 3.41. The Balaban J connectivity index is 2.03. The van der Waals surface area contributed by atoms with Crippen LogP contribution >= 0.6 is 0 Å². The van der Waals surface area contributed by atoms with Gasteiger partial charge in [-0.25, -0.2) is 0 Å². The molecule has 1 atom stereocenters. The van der Waals surface area contributed by atoms with E-state index in [-0.39, 0.29) is 18.4 Å². The number of piperazine rings is 1. The average molecular weight is 250 g/mol. The SMILES string of the molecule is CCC1(C)NC(=O)CN(CCc2ccco2)C1=O. The van der Waals surface area contributed by atoms with Crippen molar-refractivity contribution >= 4 is 11.8 Å². The Morgan fingerprint density at radius 2 is 2.28 bits per heavy atom. The van der Waals surface area contributed by atoms with Gasteiger partial charge in [-0.05, 0) is 25.5 Å². The van der Waals surface area contributed by atoms with Crippen molar-refractivity contribution in [2.75, 3.05) is 13.1 Å². The number of hydrogen-bond acceptors (Lipinski definition) is 3. The van der Waals surface area contributed by atoms with E-state index < -0.39 is 5.54 Å². The topological polar surface area (TPSA) is 62.6 Å². The van der Waals surface area contributed by atoms with E-state index >= 15 is 0 Å². The highest BCUT2D eigenvalue weighted by molar-refractivity contribution is 5.97. The number of rotatable bonds is 4. The largest absolute Gasteiger partial charge is 0.469 e. The summed E-state index contributed by atoms with van der Waals surface area (Å²) in [6, 6.07) is 3.68. The summed E-state index contributed by atoms with van der Waals surface area (Å²) in [5.41, 5.74) is -0.765. The van der Waals surface area contributed by atoms with Gasteiger partial charge >= 0.3 is 0 Å². The molecule has 1 aliphatic rings. The van der Waals surface area contributed by atoms with E-state index in [0.29, 0.717) is 19.4 Å². The normalized spacial score (nSPS) is 24.2. The minimum Gasteiger partial charge on any atom is -0.469 e. The highest BCUT2D eigenvalue weighted by atomic mass is 16.3. The van der Waals surface area contributed by atoms with Gasteiger partial charge in [-0.15, -0.1) is 0 Å². The molecule has 0 aliphatic carbocycles. The molecule has 0 aromatic carbocycles. The van der Waals surface area contributed by atoms with Crippen molar-refractivity contribution < 1.29 is 14.0 Å². The molecule has 1 aliphatic heterocycles. The van der Waals surface area contributed by atoms with E-state index in [1.54, 1.807) is 18.1 Å². The Labute approximate surface area is 106 Å². The lowest BCUT2D eigenvalue weighted by Gasteiger charge is -2.39. The van der Waals surface area contributed by atoms with Crippen LogP contribution in [0.25, 0.3) is 0 Å². The van der Waals surface area contributed by atoms with Crippen LogP contribution in [0.5, 0.6) is 0 Å². The second-order valence-corrected chi connectivity index (χ2v) is 4.79. The Morgan fingerprint density at radius 3 is 2.89 bits per heavy atom. The zero-order chi connectivity index (χ0) is 13.2. The van der Waals surface area contributed by atoms with Gasteiger partial charge in [-0.2, -0.15) is 0 Å². The standard InChI is InChI=1S/C13H18N2O3/c1-3-13(2)12(17)15(9-11(16)14-13)7-6-10-5-4-8-18-10/h4-5,8H,3,6-7,9H2,1-2H3,(H,14,16). The smallest absolute Gasteiger partial charge is 0.248 e. The molecule has 0 spiro atoms. The van der Waals surface area contributed by atoms with Gasteiger partial charge in [0.05, 0.1) is 12.8 Å². The monoisotopic (exact) mass is 250 g/mol. The van der Waals surface area contributed by atoms with Crippen LogP contribution in [-0.4, -0.2) is 35.3 Å². The van der Waals surface area contributed by atoms with E-state index in [4.69, 9.17) is 4.42 Å². The van der Waals surface area contributed by atoms with Gasteiger partial charge in [0.1, 0.15) is 11.3 Å². The summed E-state index contributed by atoms with van der Waals surface area (Å²) in [6.07, 6.45) is 2.83. The second kappa shape index (κ2) is 4.84. The first kappa shape index (κ1) is 12.7. The quantitative estimate of drug-likeness (QED) is 0.865. The Hall–Kier alpha value is -1.78. The Morgan fingerprint density at radius 1 is 1.50 bits per heavy atom. The summed E-state index contributed by atoms with van der Waals surface area (Å²) in [6.45, 7) is 4.31. The van der Waals surface area contributed by atoms with Crippen LogP contribution < -0.4 is 5.32 Å². The maximum atomic E-state index is 12.3. The van der Waals surface area contributed by atoms with Gasteiger partial charge in [-0.3, -0.25) is 9.59 Å². The summed E-state index contributed by atoms with van der Waals surface area (Å²) >= 11 is 0. The van der Waals surface area contributed by atoms with Crippen molar-refractivity contribution in [1.82, 2.24) is 10.2 Å². The van der Waals surface area contributed by atoms with Crippen molar-refractivity contribution in [3.8, 4) is 0 Å². The zero-order valence-electron chi connectivity index (χ0n) is 10.7. The van der Waals surface area contributed by atoms with Gasteiger partial charge in [0.2, 0.25) is 11.8 Å². The molecule has 2 amide bonds. The lowest BCUT2D eigenvalue weighted by molar-refractivity contribution is -0.149. The fraction of sp³-hybridized carbons (Fsp3) is 0.538. The minimum atomic E-state index is -0.765. The molecule has 0 radical (unpaired) electrons. The van der Waals surface area contributed by atoms with E-state index in [1.165, 1.54) is 0 Å². The number of nitrogens with zero attached hydrogens (tertiary/aromatic N) is 1. The number of amides is 2. The van der Waals surface area contributed by atoms with Crippen LogP contribution in [0, 0.1) is 0 Å². The van der Waals surface area contributed by atoms with Gasteiger partial charge < -0.3 is 14.6 Å². The molecule has 18 heavy (non-hydrogen) atoms. The maximum Gasteiger partial charge on any atom is 0.248 e. The van der Waals surface area contributed by atoms with Crippen molar-refractivity contribution in [3.63, 3.8) is 0 Å². The number of carbonyl (C=O) groups excluding carboxylic acids is 2. The predicted octanol–water partition coefficient (Wildman–Crippen LogP) is 0.949. The third kappa shape index (κ3) is 2.39. The lowest BCUT2D eigenvalue weighted by Crippen LogP contribution is -2.65. The van der Waals surface area contributed by atoms with Crippen LogP contribution in [0.4, 0.5) is 0 Å². The van der Waals surface area contributed by atoms with Crippen molar-refractivity contribution in [2.45, 2.75) is 32.2 Å². The third-order valence-electron chi connectivity index (χ3n) is 3.42. The van der Waals surface area contributed by atoms with Gasteiger partial charge in [-0.1, -0.05) is 6.92 Å². The molecular weight excluding hydrogens is 232 g/mol. The molecule has 2 heterocycles. The summed E-state index contributed by atoms with van der Waals surface area (Å²) in [4.78, 5) is 25.5. The average Bonchev–Trinajstić information content (AvgIpc) is 2.85. The molecule has 5 heteroatoms. The Bertz CT molecular complexity index is 441. The number of nitrogens with one attached hydrogen (secondary N) is 1. The first-order valence-corrected chi connectivity index (χ1v) is 6.18. The minimum absolute atomic E-state index is 0.0174. The zero-order valence-corrected chi connectivity index (χ0v) is 10.7. The van der Waals surface area contributed by atoms with Crippen molar-refractivity contribution in [3.05, 3.63) is 24.2 Å². The molecule has 1 unspecified atom stereocenters. The second-order valence-electron chi connectivity index (χ2n) is 4.79. The van der Waals surface area contributed by atoms with Crippen LogP contribution in [0.3, 0.4) is 0 Å². The van der Waals surface area contributed by atoms with Crippen LogP contribution in [0.2, 0.25) is 0 Å². The molecule has 1 aromatic heterocycles. The summed E-state index contributed by atoms with van der Waals surface area (Å²) in [5.74, 6) is 0.710. The van der Waals surface area contributed by atoms with Crippen molar-refractivity contribution in [1.29, 1.82) is 0 Å². The molecule has 5 nitrogen and oxygen atoms in total. The van der Waals surface area contributed by atoms with Crippen molar-refractivity contribution in [2.24, 2.45) is 0 Å². The van der Waals surface area contributed by atoms with Crippen LogP contribution in [0.15, 0.2) is 22.8 Å². The van der Waals surface area contributed by atoms with Crippen LogP contribution in [-0.2, 0) is 16.0 Å². The predicted molar refractivity (Wildman–Crippen MR) is 65.8 cm³/mol. The van der Waals surface area contributed by atoms with Gasteiger partial charge in [0, 0.05) is 13.0 Å². The number of hydrogen-bond donors (Lipinski definition) is 1. The summed E-state index contributed by atoms with van der Waals surface area (Å²) in [5, 5.41) is 2.76. The lowest BCUT2D eigenvalue weighted by atomic mass is 9.94. The fourth-order valence-corrected chi connectivity index (χ4v) is 2.12. The molecule has 2 rings (SSSR count). The maximum absolute atomic E-state index is 12.3. The number of furan rings is 1. The first-order valence-electron chi connectivity index (χ1n) is 6.18. The van der Waals surface area contributed by atoms with E-state index in [0.717, 1.165) is 5.76 Å². The molecule has 0 saturated carbocycles. The van der Waals surface area contributed by atoms with E-state index in [1.807, 2.05) is 19.1 Å². The number of carbonyl (C=O) groups is 2. The first-order chi connectivity index (χ1) is 8.55. The highest BCUT2D eigenvalue weighted by Gasteiger charge is 2.41. The third-order valence-corrected chi connectivity index (χ3v) is 3.42. The molecule has 1 saturated heterocycles. The van der Waals surface area contributed by atoms with E-state index in [2.05, 4.69) is 5.32 Å². The van der Waals surface area contributed by atoms with Crippen LogP contribution in [0.1, 0.15) is 26.0 Å². The van der Waals surface area contributed by atoms with Gasteiger partial charge in [0.15, 0.2) is 0 Å². The fourth-order valence-electron chi connectivity index (χ4n) is 2.12. The summed E-state index contributed by atoms with van der Waals surface area (Å²) in [7, 11) is 0. The summed E-state index contributed by atoms with van der Waals surface area (Å²) < 4.78 is 5.23. The molecule has 0 bridgehead atoms.